The Labute approximate surface area is 185 Å². The molecule has 0 aromatic heterocycles. The third kappa shape index (κ3) is 4.61. The number of halogens is 2. The molecule has 2 aromatic carbocycles. The smallest absolute Gasteiger partial charge is 0.414 e. The number of rotatable bonds is 6. The number of anilines is 1. The van der Waals surface area contributed by atoms with E-state index in [0.717, 1.165) is 0 Å². The summed E-state index contributed by atoms with van der Waals surface area (Å²) >= 11 is 0. The number of amides is 2. The highest BCUT2D eigenvalue weighted by Gasteiger charge is 2.40. The number of methoxy groups -OCH3 is 2. The first-order valence-corrected chi connectivity index (χ1v) is 10.2. The lowest BCUT2D eigenvalue weighted by Crippen LogP contribution is -2.46. The van der Waals surface area contributed by atoms with Crippen LogP contribution in [0.25, 0.3) is 0 Å². The number of carbonyl (C=O) groups is 2. The minimum atomic E-state index is -0.865. The van der Waals surface area contributed by atoms with Crippen LogP contribution in [0.2, 0.25) is 0 Å². The normalized spacial score (nSPS) is 17.4. The Morgan fingerprint density at radius 3 is 2.34 bits per heavy atom. The summed E-state index contributed by atoms with van der Waals surface area (Å²) in [7, 11) is 2.91. The van der Waals surface area contributed by atoms with Crippen molar-refractivity contribution in [3.05, 3.63) is 53.3 Å². The quantitative estimate of drug-likeness (QED) is 0.605. The third-order valence-electron chi connectivity index (χ3n) is 5.42. The van der Waals surface area contributed by atoms with E-state index < -0.39 is 29.8 Å². The largest absolute Gasteiger partial charge is 0.493 e. The van der Waals surface area contributed by atoms with Gasteiger partial charge in [-0.2, -0.15) is 5.12 Å². The van der Waals surface area contributed by atoms with Crippen LogP contribution in [-0.2, 0) is 16.1 Å². The molecule has 1 aliphatic heterocycles. The van der Waals surface area contributed by atoms with Crippen LogP contribution in [0, 0.1) is 5.82 Å². The fraction of sp³-hybridized carbons (Fsp3) is 0.391. The summed E-state index contributed by atoms with van der Waals surface area (Å²) in [6, 6.07) is 7.99. The topological polar surface area (TPSA) is 68.3 Å². The van der Waals surface area contributed by atoms with Gasteiger partial charge in [-0.15, -0.1) is 0 Å². The molecule has 2 unspecified atom stereocenters. The lowest BCUT2D eigenvalue weighted by atomic mass is 9.85. The van der Waals surface area contributed by atoms with Crippen molar-refractivity contribution in [2.45, 2.75) is 38.8 Å². The van der Waals surface area contributed by atoms with Crippen LogP contribution >= 0.6 is 0 Å². The summed E-state index contributed by atoms with van der Waals surface area (Å²) < 4.78 is 43.9. The first-order valence-electron chi connectivity index (χ1n) is 10.2. The summed E-state index contributed by atoms with van der Waals surface area (Å²) in [5.74, 6) is -1.36. The average Bonchev–Trinajstić information content (AvgIpc) is 2.78. The third-order valence-corrected chi connectivity index (χ3v) is 5.42. The number of benzene rings is 2. The van der Waals surface area contributed by atoms with E-state index in [1.807, 2.05) is 0 Å². The van der Waals surface area contributed by atoms with Crippen molar-refractivity contribution < 1.29 is 32.7 Å². The fourth-order valence-corrected chi connectivity index (χ4v) is 3.88. The molecule has 0 spiro atoms. The second-order valence-corrected chi connectivity index (χ2v) is 7.46. The van der Waals surface area contributed by atoms with Crippen molar-refractivity contribution in [1.29, 1.82) is 0 Å². The van der Waals surface area contributed by atoms with E-state index in [4.69, 9.17) is 14.2 Å². The highest BCUT2D eigenvalue weighted by molar-refractivity contribution is 5.95. The first kappa shape index (κ1) is 23.3. The summed E-state index contributed by atoms with van der Waals surface area (Å²) in [6.45, 7) is 3.32. The Kier molecular flexibility index (Phi) is 7.17. The molecule has 0 aliphatic carbocycles. The van der Waals surface area contributed by atoms with Crippen molar-refractivity contribution in [2.75, 3.05) is 25.7 Å². The zero-order valence-electron chi connectivity index (χ0n) is 18.4. The van der Waals surface area contributed by atoms with Gasteiger partial charge in [-0.1, -0.05) is 16.6 Å². The Balaban J connectivity index is 1.99. The molecule has 0 saturated heterocycles. The molecule has 9 heteroatoms. The molecule has 2 amide bonds. The molecule has 0 bridgehead atoms. The standard InChI is InChI=1S/C23H26F2N2O5/c1-5-32-23(29)27-14(2)10-18(17-11-20(30-3)21(31-4)12-19(17)27)22(28)26(25)13-15-6-8-16(24)9-7-15/h6-9,11-12,14,18H,5,10,13H2,1-4H3. The van der Waals surface area contributed by atoms with Gasteiger partial charge in [-0.25, -0.2) is 9.18 Å². The van der Waals surface area contributed by atoms with Gasteiger partial charge in [0.05, 0.1) is 39.0 Å². The van der Waals surface area contributed by atoms with Crippen LogP contribution < -0.4 is 14.4 Å². The predicted octanol–water partition coefficient (Wildman–Crippen LogP) is 4.59. The summed E-state index contributed by atoms with van der Waals surface area (Å²) in [6.07, 6.45) is -0.382. The summed E-state index contributed by atoms with van der Waals surface area (Å²) in [4.78, 5) is 27.2. The lowest BCUT2D eigenvalue weighted by molar-refractivity contribution is -0.150. The van der Waals surface area contributed by atoms with Gasteiger partial charge in [0, 0.05) is 12.1 Å². The number of ether oxygens (including phenoxy) is 3. The van der Waals surface area contributed by atoms with E-state index >= 15 is 0 Å². The van der Waals surface area contributed by atoms with Crippen molar-refractivity contribution in [1.82, 2.24) is 5.12 Å². The van der Waals surface area contributed by atoms with E-state index in [1.54, 1.807) is 26.0 Å². The van der Waals surface area contributed by atoms with Crippen LogP contribution in [0.15, 0.2) is 36.4 Å². The van der Waals surface area contributed by atoms with Crippen LogP contribution in [0.3, 0.4) is 0 Å². The van der Waals surface area contributed by atoms with E-state index in [0.29, 0.717) is 28.3 Å². The monoisotopic (exact) mass is 448 g/mol. The Morgan fingerprint density at radius 2 is 1.75 bits per heavy atom. The Bertz CT molecular complexity index is 983. The molecule has 0 saturated carbocycles. The van der Waals surface area contributed by atoms with Gasteiger partial charge in [0.2, 0.25) is 0 Å². The van der Waals surface area contributed by atoms with E-state index in [2.05, 4.69) is 0 Å². The molecule has 0 radical (unpaired) electrons. The van der Waals surface area contributed by atoms with E-state index in [9.17, 15) is 18.5 Å². The second kappa shape index (κ2) is 9.84. The van der Waals surface area contributed by atoms with Gasteiger partial charge >= 0.3 is 6.09 Å². The van der Waals surface area contributed by atoms with Crippen LogP contribution in [0.1, 0.15) is 37.3 Å². The maximum atomic E-state index is 14.9. The summed E-state index contributed by atoms with van der Waals surface area (Å²) in [5, 5.41) is 0.116. The minimum absolute atomic E-state index is 0.116. The molecule has 1 heterocycles. The molecule has 7 nitrogen and oxygen atoms in total. The first-order chi connectivity index (χ1) is 15.3. The molecule has 172 valence electrons. The zero-order chi connectivity index (χ0) is 23.4. The minimum Gasteiger partial charge on any atom is -0.493 e. The average molecular weight is 448 g/mol. The molecule has 0 fully saturated rings. The molecule has 1 aliphatic rings. The van der Waals surface area contributed by atoms with Crippen LogP contribution in [-0.4, -0.2) is 44.0 Å². The number of nitrogens with zero attached hydrogens (tertiary/aromatic N) is 2. The highest BCUT2D eigenvalue weighted by Crippen LogP contribution is 2.45. The molecule has 3 rings (SSSR count). The highest BCUT2D eigenvalue weighted by atomic mass is 19.2. The van der Waals surface area contributed by atoms with Crippen molar-refractivity contribution in [3.8, 4) is 11.5 Å². The molecule has 0 N–H and O–H groups in total. The van der Waals surface area contributed by atoms with Crippen molar-refractivity contribution >= 4 is 17.7 Å². The molecular weight excluding hydrogens is 422 g/mol. The maximum Gasteiger partial charge on any atom is 0.414 e. The lowest BCUT2D eigenvalue weighted by Gasteiger charge is -2.38. The molecular formula is C23H26F2N2O5. The van der Waals surface area contributed by atoms with Crippen molar-refractivity contribution in [2.24, 2.45) is 0 Å². The molecule has 32 heavy (non-hydrogen) atoms. The van der Waals surface area contributed by atoms with Gasteiger partial charge < -0.3 is 14.2 Å². The number of fused-ring (bicyclic) bond motifs is 1. The predicted molar refractivity (Wildman–Crippen MR) is 114 cm³/mol. The Hall–Kier alpha value is -3.36. The summed E-state index contributed by atoms with van der Waals surface area (Å²) in [5.41, 5.74) is 1.28. The maximum absolute atomic E-state index is 14.9. The Morgan fingerprint density at radius 1 is 1.12 bits per heavy atom. The van der Waals surface area contributed by atoms with E-state index in [1.165, 1.54) is 43.4 Å². The van der Waals surface area contributed by atoms with Gasteiger partial charge in [0.15, 0.2) is 11.5 Å². The van der Waals surface area contributed by atoms with Gasteiger partial charge in [-0.3, -0.25) is 9.69 Å². The van der Waals surface area contributed by atoms with Gasteiger partial charge in [0.25, 0.3) is 5.91 Å². The number of hydrogen-bond donors (Lipinski definition) is 0. The number of carbonyl (C=O) groups excluding carboxylic acids is 2. The molecule has 2 aromatic rings. The fourth-order valence-electron chi connectivity index (χ4n) is 3.88. The number of hydrogen-bond acceptors (Lipinski definition) is 5. The van der Waals surface area contributed by atoms with Gasteiger partial charge in [0.1, 0.15) is 5.82 Å². The SMILES string of the molecule is CCOC(=O)N1c2cc(OC)c(OC)cc2C(C(=O)N(F)Cc2ccc(F)cc2)CC1C. The molecule has 2 atom stereocenters. The van der Waals surface area contributed by atoms with Crippen molar-refractivity contribution in [3.63, 3.8) is 0 Å². The zero-order valence-corrected chi connectivity index (χ0v) is 18.4. The van der Waals surface area contributed by atoms with E-state index in [-0.39, 0.29) is 24.7 Å². The van der Waals surface area contributed by atoms with Crippen LogP contribution in [0.4, 0.5) is 19.4 Å². The van der Waals surface area contributed by atoms with Crippen LogP contribution in [0.5, 0.6) is 11.5 Å². The van der Waals surface area contributed by atoms with Gasteiger partial charge in [-0.05, 0) is 49.6 Å². The second-order valence-electron chi connectivity index (χ2n) is 7.46.